The number of hydrogen-bond donors (Lipinski definition) is 1. The largest absolute Gasteiger partial charge is 0.328 e. The number of pyridine rings is 2. The van der Waals surface area contributed by atoms with E-state index in [2.05, 4.69) is 65.6 Å². The lowest BCUT2D eigenvalue weighted by molar-refractivity contribution is 0.587. The Bertz CT molecular complexity index is 1810. The van der Waals surface area contributed by atoms with E-state index in [0.717, 1.165) is 44.7 Å². The lowest BCUT2D eigenvalue weighted by Crippen LogP contribution is -2.18. The van der Waals surface area contributed by atoms with Crippen LogP contribution in [0.2, 0.25) is 0 Å². The van der Waals surface area contributed by atoms with Gasteiger partial charge in [0.2, 0.25) is 0 Å². The van der Waals surface area contributed by atoms with Crippen LogP contribution in [0, 0.1) is 0 Å². The van der Waals surface area contributed by atoms with Crippen molar-refractivity contribution in [2.75, 3.05) is 0 Å². The molecule has 3 aromatic carbocycles. The first-order chi connectivity index (χ1) is 18.4. The highest BCUT2D eigenvalue weighted by molar-refractivity contribution is 5.96. The smallest absolute Gasteiger partial charge is 0.258 e. The summed E-state index contributed by atoms with van der Waals surface area (Å²) in [4.78, 5) is 25.8. The molecule has 0 bridgehead atoms. The number of nitrogens with one attached hydrogen (secondary N) is 1. The van der Waals surface area contributed by atoms with Crippen LogP contribution in [-0.2, 0) is 5.41 Å². The third-order valence-corrected chi connectivity index (χ3v) is 6.84. The molecule has 0 saturated carbocycles. The molecule has 0 spiro atoms. The zero-order valence-corrected chi connectivity index (χ0v) is 21.6. The van der Waals surface area contributed by atoms with Gasteiger partial charge in [0.15, 0.2) is 5.82 Å². The number of aromatic nitrogens is 4. The number of rotatable bonds is 4. The van der Waals surface area contributed by atoms with Gasteiger partial charge in [-0.1, -0.05) is 75.4 Å². The molecule has 0 amide bonds. The van der Waals surface area contributed by atoms with E-state index in [-0.39, 0.29) is 11.0 Å². The molecule has 38 heavy (non-hydrogen) atoms. The molecular formula is C33H28N4O. The Hall–Kier alpha value is -4.77. The number of hydrogen-bond acceptors (Lipinski definition) is 3. The molecule has 0 aliphatic carbocycles. The molecule has 3 aromatic heterocycles. The molecule has 0 aliphatic heterocycles. The first kappa shape index (κ1) is 23.6. The van der Waals surface area contributed by atoms with E-state index in [9.17, 15) is 4.79 Å². The molecule has 5 heteroatoms. The summed E-state index contributed by atoms with van der Waals surface area (Å²) < 4.78 is 2.08. The van der Waals surface area contributed by atoms with Gasteiger partial charge >= 0.3 is 0 Å². The second-order valence-corrected chi connectivity index (χ2v) is 10.5. The van der Waals surface area contributed by atoms with Gasteiger partial charge in [-0.15, -0.1) is 0 Å². The first-order valence-electron chi connectivity index (χ1n) is 12.7. The maximum Gasteiger partial charge on any atom is 0.258 e. The van der Waals surface area contributed by atoms with Crippen LogP contribution >= 0.6 is 0 Å². The van der Waals surface area contributed by atoms with Crippen LogP contribution in [0.25, 0.3) is 50.5 Å². The number of aromatic amines is 1. The van der Waals surface area contributed by atoms with E-state index in [1.165, 1.54) is 0 Å². The average Bonchev–Trinajstić information content (AvgIpc) is 3.33. The van der Waals surface area contributed by atoms with Crippen LogP contribution in [0.15, 0.2) is 114 Å². The fourth-order valence-electron chi connectivity index (χ4n) is 4.81. The Kier molecular flexibility index (Phi) is 5.76. The Balaban J connectivity index is 1.63. The molecule has 0 saturated heterocycles. The monoisotopic (exact) mass is 496 g/mol. The summed E-state index contributed by atoms with van der Waals surface area (Å²) in [6.07, 6.45) is 3.61. The van der Waals surface area contributed by atoms with Gasteiger partial charge in [-0.25, -0.2) is 4.98 Å². The normalized spacial score (nSPS) is 11.7. The second kappa shape index (κ2) is 9.27. The van der Waals surface area contributed by atoms with Crippen LogP contribution in [-0.4, -0.2) is 19.5 Å². The van der Waals surface area contributed by atoms with Gasteiger partial charge in [-0.05, 0) is 59.0 Å². The van der Waals surface area contributed by atoms with E-state index in [1.807, 2.05) is 66.7 Å². The Morgan fingerprint density at radius 1 is 0.763 bits per heavy atom. The molecule has 6 rings (SSSR count). The number of H-pyrrole nitrogens is 1. The minimum atomic E-state index is -0.163. The van der Waals surface area contributed by atoms with Gasteiger partial charge in [0.25, 0.3) is 5.56 Å². The lowest BCUT2D eigenvalue weighted by atomic mass is 9.87. The van der Waals surface area contributed by atoms with Crippen molar-refractivity contribution >= 4 is 11.0 Å². The zero-order valence-electron chi connectivity index (χ0n) is 21.6. The Morgan fingerprint density at radius 3 is 2.29 bits per heavy atom. The highest BCUT2D eigenvalue weighted by atomic mass is 16.1. The molecule has 0 unspecified atom stereocenters. The topological polar surface area (TPSA) is 63.6 Å². The molecule has 0 fully saturated rings. The summed E-state index contributed by atoms with van der Waals surface area (Å²) in [7, 11) is 0. The third kappa shape index (κ3) is 4.22. The summed E-state index contributed by atoms with van der Waals surface area (Å²) in [5, 5.41) is 0. The predicted octanol–water partition coefficient (Wildman–Crippen LogP) is 7.41. The van der Waals surface area contributed by atoms with E-state index in [4.69, 9.17) is 4.98 Å². The summed E-state index contributed by atoms with van der Waals surface area (Å²) in [5.41, 5.74) is 8.03. The summed E-state index contributed by atoms with van der Waals surface area (Å²) in [6.45, 7) is 6.41. The summed E-state index contributed by atoms with van der Waals surface area (Å²) in [5.74, 6) is 0.617. The van der Waals surface area contributed by atoms with Crippen LogP contribution < -0.4 is 5.56 Å². The highest BCUT2D eigenvalue weighted by Gasteiger charge is 2.22. The van der Waals surface area contributed by atoms with Crippen LogP contribution in [0.3, 0.4) is 0 Å². The van der Waals surface area contributed by atoms with Gasteiger partial charge in [-0.2, -0.15) is 0 Å². The summed E-state index contributed by atoms with van der Waals surface area (Å²) >= 11 is 0. The van der Waals surface area contributed by atoms with E-state index in [1.54, 1.807) is 12.4 Å². The van der Waals surface area contributed by atoms with Gasteiger partial charge in [-0.3, -0.25) is 14.3 Å². The van der Waals surface area contributed by atoms with E-state index < -0.39 is 0 Å². The van der Waals surface area contributed by atoms with Crippen molar-refractivity contribution in [2.45, 2.75) is 26.2 Å². The lowest BCUT2D eigenvalue weighted by Gasteiger charge is -2.19. The number of nitrogens with zero attached hydrogens (tertiary/aromatic N) is 3. The molecule has 0 aliphatic rings. The molecule has 0 atom stereocenters. The highest BCUT2D eigenvalue weighted by Crippen LogP contribution is 2.35. The SMILES string of the molecule is CC(C)(C)c1c[nH]c(=O)c(-c2nc3c(-c4cccc(-c5ccccn5)c4)cccc3n2-c2ccccc2)c1. The van der Waals surface area contributed by atoms with Crippen molar-refractivity contribution in [3.8, 4) is 39.5 Å². The van der Waals surface area contributed by atoms with Gasteiger partial charge in [0, 0.05) is 29.2 Å². The maximum atomic E-state index is 13.2. The van der Waals surface area contributed by atoms with Crippen LogP contribution in [0.1, 0.15) is 26.3 Å². The van der Waals surface area contributed by atoms with Crippen LogP contribution in [0.4, 0.5) is 0 Å². The molecule has 6 aromatic rings. The number of imidazole rings is 1. The minimum Gasteiger partial charge on any atom is -0.328 e. The Labute approximate surface area is 221 Å². The van der Waals surface area contributed by atoms with Crippen molar-refractivity contribution in [1.29, 1.82) is 0 Å². The molecule has 186 valence electrons. The Morgan fingerprint density at radius 2 is 1.53 bits per heavy atom. The minimum absolute atomic E-state index is 0.125. The van der Waals surface area contributed by atoms with Gasteiger partial charge in [0.1, 0.15) is 0 Å². The van der Waals surface area contributed by atoms with Crippen molar-refractivity contribution in [3.05, 3.63) is 125 Å². The standard InChI is InChI=1S/C33H28N4O/c1-33(2,3)24-20-27(32(38)35-21-24)31-36-30-26(15-10-17-29(30)37(31)25-13-5-4-6-14-25)22-11-9-12-23(19-22)28-16-7-8-18-34-28/h4-21H,1-3H3,(H,35,38). The van der Waals surface area contributed by atoms with E-state index in [0.29, 0.717) is 11.4 Å². The average molecular weight is 497 g/mol. The number of fused-ring (bicyclic) bond motifs is 1. The number of benzene rings is 3. The molecule has 1 N–H and O–H groups in total. The van der Waals surface area contributed by atoms with Crippen LogP contribution in [0.5, 0.6) is 0 Å². The fraction of sp³-hybridized carbons (Fsp3) is 0.121. The molecule has 0 radical (unpaired) electrons. The summed E-state index contributed by atoms with van der Waals surface area (Å²) in [6, 6.07) is 32.5. The van der Waals surface area contributed by atoms with Gasteiger partial charge in [0.05, 0.1) is 22.3 Å². The zero-order chi connectivity index (χ0) is 26.3. The fourth-order valence-corrected chi connectivity index (χ4v) is 4.81. The quantitative estimate of drug-likeness (QED) is 0.276. The van der Waals surface area contributed by atoms with Crippen molar-refractivity contribution in [1.82, 2.24) is 19.5 Å². The van der Waals surface area contributed by atoms with Gasteiger partial charge < -0.3 is 4.98 Å². The molecular weight excluding hydrogens is 468 g/mol. The molecule has 3 heterocycles. The van der Waals surface area contributed by atoms with E-state index >= 15 is 0 Å². The molecule has 5 nitrogen and oxygen atoms in total. The first-order valence-corrected chi connectivity index (χ1v) is 12.7. The number of para-hydroxylation sites is 2. The third-order valence-electron chi connectivity index (χ3n) is 6.84. The van der Waals surface area contributed by atoms with Crippen molar-refractivity contribution in [2.24, 2.45) is 0 Å². The maximum absolute atomic E-state index is 13.2. The van der Waals surface area contributed by atoms with Crippen molar-refractivity contribution in [3.63, 3.8) is 0 Å². The van der Waals surface area contributed by atoms with Crippen molar-refractivity contribution < 1.29 is 0 Å². The predicted molar refractivity (Wildman–Crippen MR) is 154 cm³/mol. The second-order valence-electron chi connectivity index (χ2n) is 10.5.